The van der Waals surface area contributed by atoms with Gasteiger partial charge in [0.1, 0.15) is 0 Å². The molecule has 84 valence electrons. The molecular weight excluding hydrogens is 200 g/mol. The summed E-state index contributed by atoms with van der Waals surface area (Å²) in [6.07, 6.45) is 0.285. The Morgan fingerprint density at radius 2 is 1.47 bits per heavy atom. The summed E-state index contributed by atoms with van der Waals surface area (Å²) in [6.45, 7) is 0.985. The molecule has 0 spiro atoms. The molecule has 0 aromatic carbocycles. The predicted molar refractivity (Wildman–Crippen MR) is 50.9 cm³/mol. The minimum absolute atomic E-state index is 0.132. The summed E-state index contributed by atoms with van der Waals surface area (Å²) in [4.78, 5) is 24.6. The molecule has 0 aromatic rings. The number of nitrogens with zero attached hydrogens (tertiary/aromatic N) is 2. The van der Waals surface area contributed by atoms with Gasteiger partial charge in [0.2, 0.25) is 0 Å². The maximum atomic E-state index is 10.9. The molecule has 2 aliphatic rings. The van der Waals surface area contributed by atoms with E-state index >= 15 is 0 Å². The summed E-state index contributed by atoms with van der Waals surface area (Å²) in [5.41, 5.74) is 0. The van der Waals surface area contributed by atoms with Crippen molar-refractivity contribution in [2.45, 2.75) is 31.3 Å². The van der Waals surface area contributed by atoms with E-state index in [0.717, 1.165) is 12.8 Å². The first-order chi connectivity index (χ1) is 7.11. The van der Waals surface area contributed by atoms with Crippen molar-refractivity contribution in [3.63, 3.8) is 0 Å². The molecule has 2 saturated heterocycles. The summed E-state index contributed by atoms with van der Waals surface area (Å²) < 4.78 is 0. The molecule has 2 unspecified atom stereocenters. The molecule has 15 heavy (non-hydrogen) atoms. The summed E-state index contributed by atoms with van der Waals surface area (Å²) in [5.74, 6) is 0. The smallest absolute Gasteiger partial charge is 0.407 e. The van der Waals surface area contributed by atoms with Crippen molar-refractivity contribution in [1.82, 2.24) is 9.80 Å². The SMILES string of the molecule is O=C(O)N1CCCC2C1CCN2C(=O)O. The Bertz CT molecular complexity index is 294. The van der Waals surface area contributed by atoms with Crippen LogP contribution in [-0.2, 0) is 0 Å². The lowest BCUT2D eigenvalue weighted by molar-refractivity contribution is 0.0770. The number of carbonyl (C=O) groups is 2. The quantitative estimate of drug-likeness (QED) is 0.627. The minimum Gasteiger partial charge on any atom is -0.465 e. The van der Waals surface area contributed by atoms with Crippen LogP contribution in [0.5, 0.6) is 0 Å². The van der Waals surface area contributed by atoms with Crippen LogP contribution in [-0.4, -0.2) is 57.4 Å². The van der Waals surface area contributed by atoms with Crippen molar-refractivity contribution in [2.75, 3.05) is 13.1 Å². The normalized spacial score (nSPS) is 30.1. The van der Waals surface area contributed by atoms with Gasteiger partial charge in [0, 0.05) is 13.1 Å². The predicted octanol–water partition coefficient (Wildman–Crippen LogP) is 0.881. The summed E-state index contributed by atoms with van der Waals surface area (Å²) in [7, 11) is 0. The number of likely N-dealkylation sites (tertiary alicyclic amines) is 2. The van der Waals surface area contributed by atoms with E-state index in [1.165, 1.54) is 9.80 Å². The second-order valence-electron chi connectivity index (χ2n) is 4.02. The van der Waals surface area contributed by atoms with Gasteiger partial charge in [0.05, 0.1) is 12.1 Å². The van der Waals surface area contributed by atoms with Crippen molar-refractivity contribution in [3.8, 4) is 0 Å². The van der Waals surface area contributed by atoms with Crippen molar-refractivity contribution in [2.24, 2.45) is 0 Å². The zero-order valence-electron chi connectivity index (χ0n) is 8.30. The average molecular weight is 214 g/mol. The van der Waals surface area contributed by atoms with Crippen molar-refractivity contribution < 1.29 is 19.8 Å². The number of rotatable bonds is 0. The number of amides is 2. The third kappa shape index (κ3) is 1.60. The van der Waals surface area contributed by atoms with Gasteiger partial charge in [0.15, 0.2) is 0 Å². The first-order valence-electron chi connectivity index (χ1n) is 5.10. The summed E-state index contributed by atoms with van der Waals surface area (Å²) in [6, 6.07) is -0.264. The van der Waals surface area contributed by atoms with Crippen LogP contribution in [0.15, 0.2) is 0 Å². The van der Waals surface area contributed by atoms with Gasteiger partial charge in [-0.1, -0.05) is 0 Å². The van der Waals surface area contributed by atoms with Crippen molar-refractivity contribution >= 4 is 12.2 Å². The molecule has 6 nitrogen and oxygen atoms in total. The van der Waals surface area contributed by atoms with E-state index in [2.05, 4.69) is 0 Å². The minimum atomic E-state index is -0.935. The number of hydrogen-bond donors (Lipinski definition) is 2. The molecule has 2 N–H and O–H groups in total. The third-order valence-corrected chi connectivity index (χ3v) is 3.30. The van der Waals surface area contributed by atoms with Gasteiger partial charge in [-0.3, -0.25) is 0 Å². The summed E-state index contributed by atoms with van der Waals surface area (Å²) >= 11 is 0. The van der Waals surface area contributed by atoms with E-state index < -0.39 is 12.2 Å². The maximum Gasteiger partial charge on any atom is 0.407 e. The highest BCUT2D eigenvalue weighted by molar-refractivity contribution is 5.68. The molecule has 2 heterocycles. The molecule has 6 heteroatoms. The van der Waals surface area contributed by atoms with E-state index in [4.69, 9.17) is 10.2 Å². The van der Waals surface area contributed by atoms with Crippen LogP contribution in [0.2, 0.25) is 0 Å². The topological polar surface area (TPSA) is 81.1 Å². The second-order valence-corrected chi connectivity index (χ2v) is 4.02. The lowest BCUT2D eigenvalue weighted by atomic mass is 9.97. The van der Waals surface area contributed by atoms with Gasteiger partial charge in [-0.05, 0) is 19.3 Å². The molecule has 2 rings (SSSR count). The van der Waals surface area contributed by atoms with Crippen LogP contribution >= 0.6 is 0 Å². The Labute approximate surface area is 87.1 Å². The first-order valence-corrected chi connectivity index (χ1v) is 5.10. The molecule has 0 bridgehead atoms. The maximum absolute atomic E-state index is 10.9. The fraction of sp³-hybridized carbons (Fsp3) is 0.778. The second kappa shape index (κ2) is 3.60. The monoisotopic (exact) mass is 214 g/mol. The van der Waals surface area contributed by atoms with E-state index in [0.29, 0.717) is 19.5 Å². The molecule has 0 aliphatic carbocycles. The van der Waals surface area contributed by atoms with Gasteiger partial charge in [-0.25, -0.2) is 9.59 Å². The van der Waals surface area contributed by atoms with Gasteiger partial charge in [-0.15, -0.1) is 0 Å². The van der Waals surface area contributed by atoms with Crippen LogP contribution in [0.1, 0.15) is 19.3 Å². The Balaban J connectivity index is 2.14. The average Bonchev–Trinajstić information content (AvgIpc) is 2.59. The van der Waals surface area contributed by atoms with E-state index in [-0.39, 0.29) is 12.1 Å². The van der Waals surface area contributed by atoms with Crippen molar-refractivity contribution in [3.05, 3.63) is 0 Å². The van der Waals surface area contributed by atoms with Crippen molar-refractivity contribution in [1.29, 1.82) is 0 Å². The molecule has 2 aliphatic heterocycles. The van der Waals surface area contributed by atoms with Gasteiger partial charge < -0.3 is 20.0 Å². The molecule has 2 atom stereocenters. The lowest BCUT2D eigenvalue weighted by Gasteiger charge is -2.37. The molecule has 2 fully saturated rings. The number of hydrogen-bond acceptors (Lipinski definition) is 2. The van der Waals surface area contributed by atoms with E-state index in [1.54, 1.807) is 0 Å². The molecule has 0 saturated carbocycles. The highest BCUT2D eigenvalue weighted by atomic mass is 16.4. The zero-order chi connectivity index (χ0) is 11.0. The molecule has 2 amide bonds. The van der Waals surface area contributed by atoms with Crippen LogP contribution < -0.4 is 0 Å². The van der Waals surface area contributed by atoms with E-state index in [9.17, 15) is 9.59 Å². The highest BCUT2D eigenvalue weighted by Gasteiger charge is 2.43. The standard InChI is InChI=1S/C9H14N2O4/c12-8(13)10-4-1-2-6-7(10)3-5-11(6)9(14)15/h6-7H,1-5H2,(H,12,13)(H,14,15). The molecule has 0 aromatic heterocycles. The fourth-order valence-electron chi connectivity index (χ4n) is 2.66. The van der Waals surface area contributed by atoms with E-state index in [1.807, 2.05) is 0 Å². The Morgan fingerprint density at radius 3 is 2.07 bits per heavy atom. The summed E-state index contributed by atoms with van der Waals surface area (Å²) in [5, 5.41) is 17.9. The Morgan fingerprint density at radius 1 is 0.933 bits per heavy atom. The van der Waals surface area contributed by atoms with Crippen LogP contribution in [0, 0.1) is 0 Å². The lowest BCUT2D eigenvalue weighted by Crippen LogP contribution is -2.52. The van der Waals surface area contributed by atoms with Crippen LogP contribution in [0.4, 0.5) is 9.59 Å². The largest absolute Gasteiger partial charge is 0.465 e. The van der Waals surface area contributed by atoms with Gasteiger partial charge in [0.25, 0.3) is 0 Å². The van der Waals surface area contributed by atoms with Crippen LogP contribution in [0.25, 0.3) is 0 Å². The number of piperidine rings is 1. The first kappa shape index (κ1) is 10.1. The zero-order valence-corrected chi connectivity index (χ0v) is 8.30. The molecule has 0 radical (unpaired) electrons. The Hall–Kier alpha value is -1.46. The highest BCUT2D eigenvalue weighted by Crippen LogP contribution is 2.30. The Kier molecular flexibility index (Phi) is 2.42. The fourth-order valence-corrected chi connectivity index (χ4v) is 2.66. The molecular formula is C9H14N2O4. The van der Waals surface area contributed by atoms with Gasteiger partial charge >= 0.3 is 12.2 Å². The number of carboxylic acid groups (broad SMARTS) is 2. The number of fused-ring (bicyclic) bond motifs is 1. The van der Waals surface area contributed by atoms with Gasteiger partial charge in [-0.2, -0.15) is 0 Å². The van der Waals surface area contributed by atoms with Crippen LogP contribution in [0.3, 0.4) is 0 Å². The third-order valence-electron chi connectivity index (χ3n) is 3.30.